The molecule has 0 unspecified atom stereocenters. The number of benzene rings is 1. The summed E-state index contributed by atoms with van der Waals surface area (Å²) in [7, 11) is 0. The van der Waals surface area contributed by atoms with Crippen molar-refractivity contribution in [3.8, 4) is 0 Å². The van der Waals surface area contributed by atoms with E-state index in [9.17, 15) is 15.0 Å². The summed E-state index contributed by atoms with van der Waals surface area (Å²) in [5, 5.41) is 19.0. The Morgan fingerprint density at radius 3 is 2.37 bits per heavy atom. The maximum atomic E-state index is 12.3. The van der Waals surface area contributed by atoms with E-state index < -0.39 is 12.2 Å². The van der Waals surface area contributed by atoms with Gasteiger partial charge < -0.3 is 15.1 Å². The lowest BCUT2D eigenvalue weighted by atomic mass is 10.3. The van der Waals surface area contributed by atoms with Gasteiger partial charge in [0.05, 0.1) is 18.8 Å². The Labute approximate surface area is 113 Å². The number of hydrogen-bond donors (Lipinski definition) is 2. The van der Waals surface area contributed by atoms with E-state index in [1.807, 2.05) is 37.3 Å². The summed E-state index contributed by atoms with van der Waals surface area (Å²) >= 11 is 0. The molecule has 1 aromatic rings. The Bertz CT molecular complexity index is 414. The van der Waals surface area contributed by atoms with E-state index in [0.717, 1.165) is 5.69 Å². The van der Waals surface area contributed by atoms with Crippen LogP contribution in [0.25, 0.3) is 0 Å². The first-order chi connectivity index (χ1) is 9.11. The number of β-amino-alcohol motifs (C(OH)–C–C–N with tert-alkyl or cyclic N) is 2. The third kappa shape index (κ3) is 3.32. The highest BCUT2D eigenvalue weighted by atomic mass is 16.3. The van der Waals surface area contributed by atoms with Crippen LogP contribution >= 0.6 is 0 Å². The van der Waals surface area contributed by atoms with Crippen molar-refractivity contribution in [2.45, 2.75) is 19.1 Å². The summed E-state index contributed by atoms with van der Waals surface area (Å²) in [6, 6.07) is 9.50. The molecule has 1 amide bonds. The molecular formula is C14H20N2O3. The minimum absolute atomic E-state index is 0.0185. The molecule has 5 heteroatoms. The smallest absolute Gasteiger partial charge is 0.241 e. The zero-order valence-corrected chi connectivity index (χ0v) is 11.1. The molecule has 0 aromatic heterocycles. The Hall–Kier alpha value is -1.43. The van der Waals surface area contributed by atoms with E-state index in [0.29, 0.717) is 19.6 Å². The summed E-state index contributed by atoms with van der Waals surface area (Å²) in [4.78, 5) is 15.8. The normalized spacial score (nSPS) is 23.5. The van der Waals surface area contributed by atoms with E-state index in [1.54, 1.807) is 9.80 Å². The van der Waals surface area contributed by atoms with E-state index in [2.05, 4.69) is 0 Å². The van der Waals surface area contributed by atoms with Gasteiger partial charge >= 0.3 is 0 Å². The SMILES string of the molecule is CCN(C(=O)CN1C[C@@H](O)[C@@H](O)C1)c1ccccc1. The molecule has 1 saturated heterocycles. The van der Waals surface area contributed by atoms with Gasteiger partial charge in [0.25, 0.3) is 0 Å². The molecule has 1 heterocycles. The van der Waals surface area contributed by atoms with Crippen LogP contribution in [0.5, 0.6) is 0 Å². The van der Waals surface area contributed by atoms with Crippen LogP contribution in [-0.2, 0) is 4.79 Å². The maximum Gasteiger partial charge on any atom is 0.241 e. The first-order valence-electron chi connectivity index (χ1n) is 6.55. The fourth-order valence-corrected chi connectivity index (χ4v) is 2.36. The van der Waals surface area contributed by atoms with Crippen molar-refractivity contribution in [3.05, 3.63) is 30.3 Å². The van der Waals surface area contributed by atoms with Crippen molar-refractivity contribution in [1.29, 1.82) is 0 Å². The van der Waals surface area contributed by atoms with Crippen LogP contribution in [0.4, 0.5) is 5.69 Å². The minimum atomic E-state index is -0.750. The quantitative estimate of drug-likeness (QED) is 0.808. The van der Waals surface area contributed by atoms with Crippen LogP contribution in [0.3, 0.4) is 0 Å². The zero-order chi connectivity index (χ0) is 13.8. The number of nitrogens with zero attached hydrogens (tertiary/aromatic N) is 2. The number of hydrogen-bond acceptors (Lipinski definition) is 4. The van der Waals surface area contributed by atoms with Crippen molar-refractivity contribution >= 4 is 11.6 Å². The molecule has 0 aliphatic carbocycles. The highest BCUT2D eigenvalue weighted by Gasteiger charge is 2.31. The molecule has 1 aliphatic heterocycles. The van der Waals surface area contributed by atoms with Gasteiger partial charge in [-0.3, -0.25) is 9.69 Å². The lowest BCUT2D eigenvalue weighted by Gasteiger charge is -2.24. The number of likely N-dealkylation sites (N-methyl/N-ethyl adjacent to an activating group) is 1. The number of para-hydroxylation sites is 1. The second kappa shape index (κ2) is 6.14. The second-order valence-corrected chi connectivity index (χ2v) is 4.80. The van der Waals surface area contributed by atoms with Crippen molar-refractivity contribution in [2.75, 3.05) is 31.1 Å². The van der Waals surface area contributed by atoms with E-state index >= 15 is 0 Å². The van der Waals surface area contributed by atoms with Gasteiger partial charge in [-0.2, -0.15) is 0 Å². The standard InChI is InChI=1S/C14H20N2O3/c1-2-16(11-6-4-3-5-7-11)14(19)10-15-8-12(17)13(18)9-15/h3-7,12-13,17-18H,2,8-10H2,1H3/t12-,13+. The molecule has 0 bridgehead atoms. The Morgan fingerprint density at radius 1 is 1.26 bits per heavy atom. The molecule has 2 atom stereocenters. The van der Waals surface area contributed by atoms with Gasteiger partial charge in [-0.25, -0.2) is 0 Å². The topological polar surface area (TPSA) is 64.0 Å². The third-order valence-corrected chi connectivity index (χ3v) is 3.38. The number of anilines is 1. The first-order valence-corrected chi connectivity index (χ1v) is 6.55. The number of aliphatic hydroxyl groups excluding tert-OH is 2. The number of amides is 1. The predicted molar refractivity (Wildman–Crippen MR) is 72.9 cm³/mol. The van der Waals surface area contributed by atoms with Crippen LogP contribution in [0.1, 0.15) is 6.92 Å². The summed E-state index contributed by atoms with van der Waals surface area (Å²) in [5.74, 6) is -0.0185. The number of carbonyl (C=O) groups is 1. The summed E-state index contributed by atoms with van der Waals surface area (Å²) in [6.07, 6.45) is -1.50. The third-order valence-electron chi connectivity index (χ3n) is 3.38. The molecular weight excluding hydrogens is 244 g/mol. The molecule has 104 valence electrons. The highest BCUT2D eigenvalue weighted by molar-refractivity contribution is 5.94. The fourth-order valence-electron chi connectivity index (χ4n) is 2.36. The van der Waals surface area contributed by atoms with Gasteiger partial charge in [-0.1, -0.05) is 18.2 Å². The molecule has 0 radical (unpaired) electrons. The molecule has 2 rings (SSSR count). The van der Waals surface area contributed by atoms with Gasteiger partial charge in [0.15, 0.2) is 0 Å². The van der Waals surface area contributed by atoms with E-state index in [1.165, 1.54) is 0 Å². The summed E-state index contributed by atoms with van der Waals surface area (Å²) in [5.41, 5.74) is 0.871. The van der Waals surface area contributed by atoms with Crippen LogP contribution in [0.15, 0.2) is 30.3 Å². The van der Waals surface area contributed by atoms with E-state index in [-0.39, 0.29) is 12.5 Å². The molecule has 19 heavy (non-hydrogen) atoms. The average Bonchev–Trinajstić information content (AvgIpc) is 2.70. The van der Waals surface area contributed by atoms with Gasteiger partial charge in [-0.15, -0.1) is 0 Å². The molecule has 0 saturated carbocycles. The Morgan fingerprint density at radius 2 is 1.84 bits per heavy atom. The lowest BCUT2D eigenvalue weighted by molar-refractivity contribution is -0.119. The maximum absolute atomic E-state index is 12.3. The van der Waals surface area contributed by atoms with Gasteiger partial charge in [0.2, 0.25) is 5.91 Å². The molecule has 2 N–H and O–H groups in total. The van der Waals surface area contributed by atoms with Gasteiger partial charge in [-0.05, 0) is 19.1 Å². The van der Waals surface area contributed by atoms with Crippen molar-refractivity contribution in [2.24, 2.45) is 0 Å². The van der Waals surface area contributed by atoms with Crippen molar-refractivity contribution < 1.29 is 15.0 Å². The van der Waals surface area contributed by atoms with Crippen LogP contribution in [0, 0.1) is 0 Å². The minimum Gasteiger partial charge on any atom is -0.389 e. The van der Waals surface area contributed by atoms with E-state index in [4.69, 9.17) is 0 Å². The number of carbonyl (C=O) groups excluding carboxylic acids is 1. The highest BCUT2D eigenvalue weighted by Crippen LogP contribution is 2.15. The van der Waals surface area contributed by atoms with Gasteiger partial charge in [0.1, 0.15) is 0 Å². The summed E-state index contributed by atoms with van der Waals surface area (Å²) < 4.78 is 0. The fraction of sp³-hybridized carbons (Fsp3) is 0.500. The molecule has 1 fully saturated rings. The molecule has 1 aromatic carbocycles. The van der Waals surface area contributed by atoms with Gasteiger partial charge in [0, 0.05) is 25.3 Å². The molecule has 0 spiro atoms. The van der Waals surface area contributed by atoms with Crippen molar-refractivity contribution in [1.82, 2.24) is 4.90 Å². The Kier molecular flexibility index (Phi) is 4.52. The average molecular weight is 264 g/mol. The lowest BCUT2D eigenvalue weighted by Crippen LogP contribution is -2.40. The Balaban J connectivity index is 1.98. The van der Waals surface area contributed by atoms with Crippen LogP contribution < -0.4 is 4.90 Å². The van der Waals surface area contributed by atoms with Crippen LogP contribution in [0.2, 0.25) is 0 Å². The predicted octanol–water partition coefficient (Wildman–Crippen LogP) is 0.0769. The molecule has 1 aliphatic rings. The molecule has 5 nitrogen and oxygen atoms in total. The number of rotatable bonds is 4. The zero-order valence-electron chi connectivity index (χ0n) is 11.1. The second-order valence-electron chi connectivity index (χ2n) is 4.80. The largest absolute Gasteiger partial charge is 0.389 e. The first kappa shape index (κ1) is 14.0. The number of likely N-dealkylation sites (tertiary alicyclic amines) is 1. The van der Waals surface area contributed by atoms with Crippen molar-refractivity contribution in [3.63, 3.8) is 0 Å². The van der Waals surface area contributed by atoms with Crippen LogP contribution in [-0.4, -0.2) is 59.4 Å². The monoisotopic (exact) mass is 264 g/mol. The number of aliphatic hydroxyl groups is 2. The summed E-state index contributed by atoms with van der Waals surface area (Å²) in [6.45, 7) is 3.44.